The Morgan fingerprint density at radius 3 is 0.888 bits per heavy atom. The van der Waals surface area contributed by atoms with Crippen LogP contribution in [0.15, 0.2) is 164 Å². The molecule has 0 unspecified atom stereocenters. The SMILES string of the molecule is COc1cc(Cl)cc(C(=O)Nc2ccc(Cl)cn2)c1CC(=O)c1ccc(C(=N)N2CCCC2)cc1.COc1cc(Cl)cc(C(=O)Nc2ccc(Cl)cn2)c1CC(=O)c1ccc(C(=N)N2CCCCC2)cc1.COc1cc(Cl)cc(C(=O)Nc2ccc(Cl)cn2)c1CC(=O)c1ccc(C(=N)N2CCOCC2)cc1. The third-order valence-corrected chi connectivity index (χ3v) is 19.0. The van der Waals surface area contributed by atoms with E-state index in [1.165, 1.54) is 64.5 Å². The molecule has 6 aromatic carbocycles. The normalized spacial score (nSPS) is 13.1. The van der Waals surface area contributed by atoms with Gasteiger partial charge in [0.15, 0.2) is 17.3 Å². The zero-order valence-electron chi connectivity index (χ0n) is 58.4. The third kappa shape index (κ3) is 21.3. The number of morpholine rings is 1. The van der Waals surface area contributed by atoms with Crippen LogP contribution in [-0.2, 0) is 24.0 Å². The molecule has 6 heterocycles. The monoisotopic (exact) mass is 1560 g/mol. The van der Waals surface area contributed by atoms with Crippen molar-refractivity contribution >= 4 is 140 Å². The molecular formula is C79H74Cl6N12O10. The second kappa shape index (κ2) is 37.8. The lowest BCUT2D eigenvalue weighted by Gasteiger charge is -2.29. The van der Waals surface area contributed by atoms with Gasteiger partial charge < -0.3 is 49.6 Å². The maximum atomic E-state index is 13.2. The summed E-state index contributed by atoms with van der Waals surface area (Å²) in [7, 11) is 4.37. The highest BCUT2D eigenvalue weighted by Crippen LogP contribution is 2.34. The molecule has 0 spiro atoms. The summed E-state index contributed by atoms with van der Waals surface area (Å²) >= 11 is 36.3. The number of methoxy groups -OCH3 is 3. The summed E-state index contributed by atoms with van der Waals surface area (Å²) in [5.41, 5.74) is 5.54. The number of anilines is 3. The van der Waals surface area contributed by atoms with E-state index in [9.17, 15) is 28.8 Å². The molecule has 3 fully saturated rings. The van der Waals surface area contributed by atoms with Gasteiger partial charge in [0.1, 0.15) is 52.2 Å². The van der Waals surface area contributed by atoms with Crippen LogP contribution >= 0.6 is 69.6 Å². The molecule has 6 N–H and O–H groups in total. The first-order chi connectivity index (χ1) is 51.6. The molecule has 3 aliphatic heterocycles. The minimum absolute atomic E-state index is 0.0694. The van der Waals surface area contributed by atoms with Crippen molar-refractivity contribution in [2.45, 2.75) is 51.4 Å². The van der Waals surface area contributed by atoms with E-state index in [1.54, 1.807) is 127 Å². The minimum atomic E-state index is -0.484. The highest BCUT2D eigenvalue weighted by atomic mass is 35.5. The van der Waals surface area contributed by atoms with E-state index in [4.69, 9.17) is 105 Å². The molecule has 3 aromatic heterocycles. The van der Waals surface area contributed by atoms with Crippen LogP contribution in [0.3, 0.4) is 0 Å². The molecule has 0 atom stereocenters. The topological polar surface area (TPSA) is 295 Å². The van der Waals surface area contributed by atoms with E-state index >= 15 is 0 Å². The Bertz CT molecular complexity index is 4550. The molecule has 28 heteroatoms. The lowest BCUT2D eigenvalue weighted by Crippen LogP contribution is -2.40. The highest BCUT2D eigenvalue weighted by Gasteiger charge is 2.27. The Morgan fingerprint density at radius 1 is 0.364 bits per heavy atom. The number of pyridine rings is 3. The molecule has 0 radical (unpaired) electrons. The zero-order valence-corrected chi connectivity index (χ0v) is 63.0. The van der Waals surface area contributed by atoms with E-state index in [2.05, 4.69) is 35.8 Å². The number of amides is 3. The van der Waals surface area contributed by atoms with Crippen molar-refractivity contribution in [2.75, 3.05) is 89.8 Å². The first kappa shape index (κ1) is 79.3. The standard InChI is InChI=1S/C27H26Cl2N4O3.C26H24Cl2N4O4.C26H24Cl2N4O3/c1-36-24-14-20(29)13-22(27(35)32-25-10-9-19(28)16-31-25)21(24)15-23(34)17-5-7-18(8-6-17)26(30)33-11-3-2-4-12-33;1-35-23-13-19(28)12-21(26(34)31-24-7-6-18(27)15-30-24)20(23)14-22(33)16-2-4-17(5-3-16)25(29)32-8-10-36-11-9-32;1-35-23-13-19(28)12-21(26(34)31-24-9-8-18(27)15-30-24)20(23)14-22(33)16-4-6-17(7-5-16)25(29)32-10-2-3-11-32/h5-10,13-14,16,30H,2-4,11-12,15H2,1H3,(H,31,32,35);2-7,12-13,15,29H,8-11,14H2,1H3,(H,30,31,34);4-9,12-13,15,29H,2-3,10-11,14H2,1H3,(H,30,31,34). The Balaban J connectivity index is 0.000000172. The van der Waals surface area contributed by atoms with Crippen molar-refractivity contribution in [1.82, 2.24) is 29.7 Å². The third-order valence-electron chi connectivity index (χ3n) is 17.7. The molecule has 9 aromatic rings. The van der Waals surface area contributed by atoms with Gasteiger partial charge in [0.25, 0.3) is 17.7 Å². The molecule has 107 heavy (non-hydrogen) atoms. The fourth-order valence-corrected chi connectivity index (χ4v) is 13.0. The molecule has 0 bridgehead atoms. The smallest absolute Gasteiger partial charge is 0.257 e. The number of hydrogen-bond acceptors (Lipinski definition) is 16. The van der Waals surface area contributed by atoms with E-state index in [1.807, 2.05) is 9.80 Å². The van der Waals surface area contributed by atoms with Crippen LogP contribution in [0.4, 0.5) is 17.5 Å². The molecule has 3 saturated heterocycles. The quantitative estimate of drug-likeness (QED) is 0.0221. The number of ether oxygens (including phenoxy) is 4. The molecule has 3 amide bonds. The number of Topliss-reactive ketones (excluding diaryl/α,β-unsaturated/α-hetero) is 3. The molecule has 12 rings (SSSR count). The van der Waals surface area contributed by atoms with Crippen molar-refractivity contribution in [3.05, 3.63) is 261 Å². The Labute approximate surface area is 648 Å². The summed E-state index contributed by atoms with van der Waals surface area (Å²) in [5.74, 6) is 1.26. The second-order valence-corrected chi connectivity index (χ2v) is 27.4. The van der Waals surface area contributed by atoms with E-state index < -0.39 is 17.7 Å². The van der Waals surface area contributed by atoms with Crippen LogP contribution in [0.1, 0.15) is 128 Å². The summed E-state index contributed by atoms with van der Waals surface area (Å²) < 4.78 is 21.7. The van der Waals surface area contributed by atoms with Crippen molar-refractivity contribution in [3.63, 3.8) is 0 Å². The Morgan fingerprint density at radius 2 is 0.626 bits per heavy atom. The summed E-state index contributed by atoms with van der Waals surface area (Å²) in [5, 5.41) is 35.6. The predicted molar refractivity (Wildman–Crippen MR) is 418 cm³/mol. The average Bonchev–Trinajstić information content (AvgIpc) is 1.15. The number of nitrogens with one attached hydrogen (secondary N) is 6. The second-order valence-electron chi connectivity index (χ2n) is 24.8. The maximum absolute atomic E-state index is 13.2. The lowest BCUT2D eigenvalue weighted by molar-refractivity contribution is 0.0680. The summed E-state index contributed by atoms with van der Waals surface area (Å²) in [6.07, 6.45) is 9.60. The average molecular weight is 1560 g/mol. The van der Waals surface area contributed by atoms with Gasteiger partial charge >= 0.3 is 0 Å². The zero-order chi connectivity index (χ0) is 76.3. The number of benzene rings is 6. The van der Waals surface area contributed by atoms with Gasteiger partial charge in [-0.05, 0) is 105 Å². The number of likely N-dealkylation sites (tertiary alicyclic amines) is 2. The first-order valence-corrected chi connectivity index (χ1v) is 36.2. The molecular weight excluding hydrogens is 1490 g/mol. The summed E-state index contributed by atoms with van der Waals surface area (Å²) in [6.45, 7) is 6.02. The van der Waals surface area contributed by atoms with Gasteiger partial charge in [-0.1, -0.05) is 142 Å². The fourth-order valence-electron chi connectivity index (χ4n) is 12.1. The van der Waals surface area contributed by atoms with Crippen LogP contribution < -0.4 is 30.2 Å². The number of halogens is 6. The van der Waals surface area contributed by atoms with E-state index in [-0.39, 0.29) is 53.3 Å². The van der Waals surface area contributed by atoms with Gasteiger partial charge in [0.05, 0.1) is 49.6 Å². The van der Waals surface area contributed by atoms with Gasteiger partial charge in [-0.25, -0.2) is 15.0 Å². The number of carbonyl (C=O) groups excluding carboxylic acids is 6. The van der Waals surface area contributed by atoms with Crippen LogP contribution in [-0.4, -0.2) is 156 Å². The van der Waals surface area contributed by atoms with Gasteiger partial charge in [-0.2, -0.15) is 0 Å². The minimum Gasteiger partial charge on any atom is -0.496 e. The van der Waals surface area contributed by atoms with Crippen molar-refractivity contribution in [2.24, 2.45) is 0 Å². The van der Waals surface area contributed by atoms with Gasteiger partial charge in [0, 0.05) is 159 Å². The number of aromatic nitrogens is 3. The van der Waals surface area contributed by atoms with Gasteiger partial charge in [-0.15, -0.1) is 0 Å². The molecule has 552 valence electrons. The number of hydrogen-bond donors (Lipinski definition) is 6. The molecule has 0 aliphatic carbocycles. The molecule has 3 aliphatic rings. The predicted octanol–water partition coefficient (Wildman–Crippen LogP) is 16.1. The fraction of sp³-hybridized carbons (Fsp3) is 0.241. The number of piperidine rings is 1. The number of nitrogens with zero attached hydrogens (tertiary/aromatic N) is 6. The van der Waals surface area contributed by atoms with Crippen LogP contribution in [0.25, 0.3) is 0 Å². The van der Waals surface area contributed by atoms with E-state index in [0.29, 0.717) is 148 Å². The Hall–Kier alpha value is -10.3. The summed E-state index contributed by atoms with van der Waals surface area (Å²) in [6, 6.07) is 39.7. The van der Waals surface area contributed by atoms with Crippen molar-refractivity contribution in [1.29, 1.82) is 16.2 Å². The molecule has 0 saturated carbocycles. The van der Waals surface area contributed by atoms with Crippen LogP contribution in [0, 0.1) is 16.2 Å². The van der Waals surface area contributed by atoms with Crippen molar-refractivity contribution < 1.29 is 47.7 Å². The molecule has 22 nitrogen and oxygen atoms in total. The number of carbonyl (C=O) groups is 6. The van der Waals surface area contributed by atoms with E-state index in [0.717, 1.165) is 63.0 Å². The lowest BCUT2D eigenvalue weighted by atomic mass is 9.96. The first-order valence-electron chi connectivity index (χ1n) is 33.9. The largest absolute Gasteiger partial charge is 0.496 e. The Kier molecular flexibility index (Phi) is 28.0. The van der Waals surface area contributed by atoms with Gasteiger partial charge in [-0.3, -0.25) is 45.0 Å². The number of rotatable bonds is 21. The summed E-state index contributed by atoms with van der Waals surface area (Å²) in [4.78, 5) is 97.1. The van der Waals surface area contributed by atoms with Gasteiger partial charge in [0.2, 0.25) is 0 Å². The van der Waals surface area contributed by atoms with Crippen molar-refractivity contribution in [3.8, 4) is 17.2 Å². The number of amidine groups is 3. The van der Waals surface area contributed by atoms with Crippen LogP contribution in [0.5, 0.6) is 17.2 Å². The van der Waals surface area contributed by atoms with Crippen LogP contribution in [0.2, 0.25) is 30.1 Å². The number of ketones is 3. The highest BCUT2D eigenvalue weighted by molar-refractivity contribution is 6.33. The maximum Gasteiger partial charge on any atom is 0.257 e.